The van der Waals surface area contributed by atoms with E-state index in [1.165, 1.54) is 0 Å². The molecule has 0 aromatic heterocycles. The molecule has 2 heterocycles. The molecule has 0 radical (unpaired) electrons. The Morgan fingerprint density at radius 1 is 1.38 bits per heavy atom. The average molecular weight is 220 g/mol. The van der Waals surface area contributed by atoms with Gasteiger partial charge in [0.15, 0.2) is 0 Å². The molecule has 0 bridgehead atoms. The number of benzene rings is 1. The first kappa shape index (κ1) is 9.81. The fourth-order valence-corrected chi connectivity index (χ4v) is 2.32. The van der Waals surface area contributed by atoms with Gasteiger partial charge in [0.25, 0.3) is 0 Å². The molecule has 0 saturated carbocycles. The van der Waals surface area contributed by atoms with Crippen LogP contribution in [0.3, 0.4) is 0 Å². The molecule has 0 amide bonds. The Bertz CT molecular complexity index is 430. The van der Waals surface area contributed by atoms with Crippen LogP contribution in [0, 0.1) is 0 Å². The Morgan fingerprint density at radius 2 is 2.06 bits per heavy atom. The van der Waals surface area contributed by atoms with Gasteiger partial charge in [-0.05, 0) is 12.5 Å². The van der Waals surface area contributed by atoms with Crippen molar-refractivity contribution in [1.82, 2.24) is 0 Å². The summed E-state index contributed by atoms with van der Waals surface area (Å²) in [5.41, 5.74) is -0.475. The maximum Gasteiger partial charge on any atom is 0.344 e. The maximum atomic E-state index is 11.7. The summed E-state index contributed by atoms with van der Waals surface area (Å²) in [6, 6.07) is 9.03. The van der Waals surface area contributed by atoms with Gasteiger partial charge in [0.05, 0.1) is 0 Å². The van der Waals surface area contributed by atoms with E-state index in [2.05, 4.69) is 0 Å². The van der Waals surface area contributed by atoms with Gasteiger partial charge >= 0.3 is 5.97 Å². The van der Waals surface area contributed by atoms with Crippen LogP contribution in [-0.2, 0) is 14.3 Å². The molecule has 1 aromatic carbocycles. The van der Waals surface area contributed by atoms with Crippen molar-refractivity contribution in [3.63, 3.8) is 0 Å². The highest BCUT2D eigenvalue weighted by Crippen LogP contribution is 2.53. The fraction of sp³-hybridized carbons (Fsp3) is 0.417. The molecule has 4 heteroatoms. The summed E-state index contributed by atoms with van der Waals surface area (Å²) in [4.78, 5) is 11.7. The van der Waals surface area contributed by atoms with E-state index in [-0.39, 0.29) is 12.2 Å². The summed E-state index contributed by atoms with van der Waals surface area (Å²) >= 11 is 0. The quantitative estimate of drug-likeness (QED) is 0.591. The second-order valence-electron chi connectivity index (χ2n) is 4.26. The lowest BCUT2D eigenvalue weighted by Gasteiger charge is -2.15. The molecule has 0 spiro atoms. The van der Waals surface area contributed by atoms with E-state index in [0.29, 0.717) is 5.56 Å². The first-order valence-corrected chi connectivity index (χ1v) is 5.28. The number of carbonyl (C=O) groups is 1. The molecule has 16 heavy (non-hydrogen) atoms. The van der Waals surface area contributed by atoms with Crippen LogP contribution in [0.1, 0.15) is 18.6 Å². The van der Waals surface area contributed by atoms with E-state index >= 15 is 0 Å². The van der Waals surface area contributed by atoms with E-state index in [1.807, 2.05) is 18.2 Å². The number of esters is 1. The molecule has 2 saturated heterocycles. The third kappa shape index (κ3) is 1.08. The predicted octanol–water partition coefficient (Wildman–Crippen LogP) is 0.803. The standard InChI is InChI=1S/C12H12O4/c1-7-10-12(16-10,11(14)15-7)9(13)8-5-3-2-4-6-8/h2-7,9-10,13H,1H3/t7-,9?,10-,12-/m0/s1. The zero-order chi connectivity index (χ0) is 11.3. The minimum atomic E-state index is -1.15. The third-order valence-corrected chi connectivity index (χ3v) is 3.25. The van der Waals surface area contributed by atoms with Crippen molar-refractivity contribution in [3.05, 3.63) is 35.9 Å². The highest BCUT2D eigenvalue weighted by molar-refractivity contribution is 5.87. The van der Waals surface area contributed by atoms with E-state index in [4.69, 9.17) is 9.47 Å². The molecular weight excluding hydrogens is 208 g/mol. The van der Waals surface area contributed by atoms with Gasteiger partial charge in [-0.2, -0.15) is 0 Å². The normalized spacial score (nSPS) is 37.8. The largest absolute Gasteiger partial charge is 0.457 e. The lowest BCUT2D eigenvalue weighted by atomic mass is 9.93. The van der Waals surface area contributed by atoms with Crippen LogP contribution in [0.15, 0.2) is 30.3 Å². The highest BCUT2D eigenvalue weighted by atomic mass is 16.7. The molecule has 2 fully saturated rings. The van der Waals surface area contributed by atoms with Crippen LogP contribution < -0.4 is 0 Å². The minimum Gasteiger partial charge on any atom is -0.457 e. The van der Waals surface area contributed by atoms with Crippen molar-refractivity contribution in [2.75, 3.05) is 0 Å². The van der Waals surface area contributed by atoms with Gasteiger partial charge in [-0.3, -0.25) is 0 Å². The monoisotopic (exact) mass is 220 g/mol. The van der Waals surface area contributed by atoms with Gasteiger partial charge in [-0.15, -0.1) is 0 Å². The average Bonchev–Trinajstić information content (AvgIpc) is 3.00. The van der Waals surface area contributed by atoms with Gasteiger partial charge in [-0.25, -0.2) is 4.79 Å². The molecule has 2 aliphatic heterocycles. The summed E-state index contributed by atoms with van der Waals surface area (Å²) in [5, 5.41) is 10.2. The lowest BCUT2D eigenvalue weighted by molar-refractivity contribution is -0.157. The van der Waals surface area contributed by atoms with Gasteiger partial charge in [-0.1, -0.05) is 30.3 Å². The SMILES string of the molecule is C[C@@H]1OC(=O)[C@@]2(C(O)c3ccccc3)O[C@@H]12. The summed E-state index contributed by atoms with van der Waals surface area (Å²) in [5.74, 6) is -0.457. The fourth-order valence-electron chi connectivity index (χ4n) is 2.32. The number of fused-ring (bicyclic) bond motifs is 1. The zero-order valence-electron chi connectivity index (χ0n) is 8.79. The van der Waals surface area contributed by atoms with Crippen LogP contribution in [0.25, 0.3) is 0 Å². The van der Waals surface area contributed by atoms with Gasteiger partial charge in [0.2, 0.25) is 5.60 Å². The first-order valence-electron chi connectivity index (χ1n) is 5.28. The van der Waals surface area contributed by atoms with Crippen molar-refractivity contribution >= 4 is 5.97 Å². The van der Waals surface area contributed by atoms with E-state index in [1.54, 1.807) is 19.1 Å². The molecule has 3 rings (SSSR count). The van der Waals surface area contributed by atoms with Crippen molar-refractivity contribution < 1.29 is 19.4 Å². The Hall–Kier alpha value is -1.39. The summed E-state index contributed by atoms with van der Waals surface area (Å²) in [7, 11) is 0. The molecule has 84 valence electrons. The number of ether oxygens (including phenoxy) is 2. The topological polar surface area (TPSA) is 59.1 Å². The highest BCUT2D eigenvalue weighted by Gasteiger charge is 2.75. The Kier molecular flexibility index (Phi) is 1.87. The van der Waals surface area contributed by atoms with Crippen LogP contribution in [0.2, 0.25) is 0 Å². The molecule has 1 unspecified atom stereocenters. The van der Waals surface area contributed by atoms with Crippen LogP contribution in [0.4, 0.5) is 0 Å². The Balaban J connectivity index is 1.93. The smallest absolute Gasteiger partial charge is 0.344 e. The van der Waals surface area contributed by atoms with Crippen LogP contribution in [0.5, 0.6) is 0 Å². The molecule has 1 N–H and O–H groups in total. The number of hydrogen-bond donors (Lipinski definition) is 1. The summed E-state index contributed by atoms with van der Waals surface area (Å²) in [6.45, 7) is 1.77. The second-order valence-corrected chi connectivity index (χ2v) is 4.26. The number of hydrogen-bond acceptors (Lipinski definition) is 4. The third-order valence-electron chi connectivity index (χ3n) is 3.25. The zero-order valence-corrected chi connectivity index (χ0v) is 8.79. The maximum absolute atomic E-state index is 11.7. The molecule has 2 aliphatic rings. The van der Waals surface area contributed by atoms with Crippen molar-refractivity contribution in [1.29, 1.82) is 0 Å². The summed E-state index contributed by atoms with van der Waals surface area (Å²) < 4.78 is 10.4. The molecule has 0 aliphatic carbocycles. The van der Waals surface area contributed by atoms with Gasteiger partial charge < -0.3 is 14.6 Å². The molecule has 4 nitrogen and oxygen atoms in total. The van der Waals surface area contributed by atoms with Crippen molar-refractivity contribution in [3.8, 4) is 0 Å². The molecule has 4 atom stereocenters. The van der Waals surface area contributed by atoms with E-state index in [0.717, 1.165) is 0 Å². The number of aliphatic hydroxyl groups excluding tert-OH is 1. The second kappa shape index (κ2) is 3.06. The minimum absolute atomic E-state index is 0.272. The lowest BCUT2D eigenvalue weighted by Crippen LogP contribution is -2.30. The van der Waals surface area contributed by atoms with Crippen LogP contribution >= 0.6 is 0 Å². The van der Waals surface area contributed by atoms with E-state index < -0.39 is 17.7 Å². The molecule has 1 aromatic rings. The number of epoxide rings is 1. The molecular formula is C12H12O4. The predicted molar refractivity (Wildman–Crippen MR) is 54.6 cm³/mol. The first-order chi connectivity index (χ1) is 7.66. The summed E-state index contributed by atoms with van der Waals surface area (Å²) in [6.07, 6.45) is -1.53. The van der Waals surface area contributed by atoms with Crippen LogP contribution in [-0.4, -0.2) is 28.9 Å². The number of cyclic esters (lactones) is 1. The van der Waals surface area contributed by atoms with Gasteiger partial charge in [0, 0.05) is 0 Å². The Labute approximate surface area is 92.8 Å². The van der Waals surface area contributed by atoms with Crippen molar-refractivity contribution in [2.45, 2.75) is 30.8 Å². The number of rotatable bonds is 2. The number of carbonyl (C=O) groups excluding carboxylic acids is 1. The van der Waals surface area contributed by atoms with E-state index in [9.17, 15) is 9.90 Å². The van der Waals surface area contributed by atoms with Gasteiger partial charge in [0.1, 0.15) is 18.3 Å². The number of aliphatic hydroxyl groups is 1. The Morgan fingerprint density at radius 3 is 2.56 bits per heavy atom. The van der Waals surface area contributed by atoms with Crippen molar-refractivity contribution in [2.24, 2.45) is 0 Å².